The Kier molecular flexibility index (Phi) is 4.60. The number of rotatable bonds is 5. The Hall–Kier alpha value is -1.51. The number of anilines is 1. The fourth-order valence-corrected chi connectivity index (χ4v) is 3.80. The van der Waals surface area contributed by atoms with E-state index in [1.54, 1.807) is 0 Å². The predicted octanol–water partition coefficient (Wildman–Crippen LogP) is 0.695. The summed E-state index contributed by atoms with van der Waals surface area (Å²) in [4.78, 5) is 0.0256. The van der Waals surface area contributed by atoms with Crippen LogP contribution in [-0.2, 0) is 14.8 Å². The van der Waals surface area contributed by atoms with Crippen molar-refractivity contribution in [3.63, 3.8) is 0 Å². The Morgan fingerprint density at radius 2 is 1.95 bits per heavy atom. The molecule has 2 N–H and O–H groups in total. The van der Waals surface area contributed by atoms with Crippen molar-refractivity contribution in [3.05, 3.63) is 12.1 Å². The molecule has 8 heteroatoms. The lowest BCUT2D eigenvalue weighted by Gasteiger charge is -2.24. The fraction of sp³-hybridized carbons (Fsp3) is 0.538. The minimum atomic E-state index is -3.72. The average molecular weight is 316 g/mol. The molecule has 2 rings (SSSR count). The summed E-state index contributed by atoms with van der Waals surface area (Å²) in [7, 11) is 0.681. The van der Waals surface area contributed by atoms with Gasteiger partial charge in [0.25, 0.3) is 0 Å². The molecule has 1 fully saturated rings. The standard InChI is InChI=1S/C13H20N2O5S/c1-15(9-4-5-20-8-9)21(16,17)13-6-10(14)11(18-2)7-12(13)19-3/h6-7,9H,4-5,8,14H2,1-3H3. The lowest BCUT2D eigenvalue weighted by Crippen LogP contribution is -2.37. The lowest BCUT2D eigenvalue weighted by atomic mass is 10.3. The van der Waals surface area contributed by atoms with E-state index in [2.05, 4.69) is 0 Å². The topological polar surface area (TPSA) is 91.1 Å². The molecule has 118 valence electrons. The van der Waals surface area contributed by atoms with E-state index in [-0.39, 0.29) is 22.4 Å². The van der Waals surface area contributed by atoms with Gasteiger partial charge in [0.05, 0.1) is 32.6 Å². The molecule has 1 aromatic rings. The Labute approximate surface area is 124 Å². The monoisotopic (exact) mass is 316 g/mol. The quantitative estimate of drug-likeness (QED) is 0.804. The van der Waals surface area contributed by atoms with Gasteiger partial charge in [-0.1, -0.05) is 0 Å². The highest BCUT2D eigenvalue weighted by molar-refractivity contribution is 7.89. The number of ether oxygens (including phenoxy) is 3. The van der Waals surface area contributed by atoms with Gasteiger partial charge in [0.15, 0.2) is 0 Å². The number of nitrogens with two attached hydrogens (primary N) is 1. The van der Waals surface area contributed by atoms with Crippen molar-refractivity contribution in [2.24, 2.45) is 0 Å². The van der Waals surface area contributed by atoms with Crippen molar-refractivity contribution >= 4 is 15.7 Å². The molecule has 21 heavy (non-hydrogen) atoms. The summed E-state index contributed by atoms with van der Waals surface area (Å²) in [5, 5.41) is 0. The predicted molar refractivity (Wildman–Crippen MR) is 78.1 cm³/mol. The summed E-state index contributed by atoms with van der Waals surface area (Å²) in [6.07, 6.45) is 0.670. The van der Waals surface area contributed by atoms with Gasteiger partial charge in [-0.25, -0.2) is 8.42 Å². The maximum Gasteiger partial charge on any atom is 0.246 e. The molecule has 0 spiro atoms. The third-order valence-corrected chi connectivity index (χ3v) is 5.52. The summed E-state index contributed by atoms with van der Waals surface area (Å²) in [5.41, 5.74) is 6.06. The minimum absolute atomic E-state index is 0.0256. The third-order valence-electron chi connectivity index (χ3n) is 3.59. The second kappa shape index (κ2) is 6.08. The molecule has 1 saturated heterocycles. The molecule has 0 saturated carbocycles. The lowest BCUT2D eigenvalue weighted by molar-refractivity contribution is 0.180. The maximum absolute atomic E-state index is 12.7. The van der Waals surface area contributed by atoms with E-state index in [9.17, 15) is 8.42 Å². The molecular weight excluding hydrogens is 296 g/mol. The van der Waals surface area contributed by atoms with Gasteiger partial charge in [-0.2, -0.15) is 4.31 Å². The zero-order valence-electron chi connectivity index (χ0n) is 12.3. The summed E-state index contributed by atoms with van der Waals surface area (Å²) in [5.74, 6) is 0.574. The molecule has 0 amide bonds. The van der Waals surface area contributed by atoms with E-state index in [1.807, 2.05) is 0 Å². The van der Waals surface area contributed by atoms with Crippen molar-refractivity contribution < 1.29 is 22.6 Å². The van der Waals surface area contributed by atoms with Crippen molar-refractivity contribution in [2.75, 3.05) is 40.2 Å². The van der Waals surface area contributed by atoms with Gasteiger partial charge in [0.1, 0.15) is 16.4 Å². The smallest absolute Gasteiger partial charge is 0.246 e. The summed E-state index contributed by atoms with van der Waals surface area (Å²) in [6.45, 7) is 0.954. The van der Waals surface area contributed by atoms with E-state index in [4.69, 9.17) is 19.9 Å². The Balaban J connectivity index is 2.45. The largest absolute Gasteiger partial charge is 0.495 e. The first-order chi connectivity index (χ1) is 9.91. The maximum atomic E-state index is 12.7. The van der Waals surface area contributed by atoms with Gasteiger partial charge in [-0.15, -0.1) is 0 Å². The van der Waals surface area contributed by atoms with Crippen LogP contribution < -0.4 is 15.2 Å². The number of sulfonamides is 1. The zero-order chi connectivity index (χ0) is 15.6. The zero-order valence-corrected chi connectivity index (χ0v) is 13.1. The molecule has 7 nitrogen and oxygen atoms in total. The average Bonchev–Trinajstić information content (AvgIpc) is 3.00. The molecule has 1 heterocycles. The molecular formula is C13H20N2O5S. The normalized spacial score (nSPS) is 19.0. The summed E-state index contributed by atoms with van der Waals surface area (Å²) in [6, 6.07) is 2.66. The van der Waals surface area contributed by atoms with E-state index >= 15 is 0 Å². The van der Waals surface area contributed by atoms with Crippen LogP contribution in [0.15, 0.2) is 17.0 Å². The highest BCUT2D eigenvalue weighted by Gasteiger charge is 2.33. The van der Waals surface area contributed by atoms with Crippen LogP contribution in [0.4, 0.5) is 5.69 Å². The van der Waals surface area contributed by atoms with Crippen molar-refractivity contribution in [3.8, 4) is 11.5 Å². The minimum Gasteiger partial charge on any atom is -0.495 e. The molecule has 0 bridgehead atoms. The van der Waals surface area contributed by atoms with Gasteiger partial charge >= 0.3 is 0 Å². The number of hydrogen-bond acceptors (Lipinski definition) is 6. The van der Waals surface area contributed by atoms with Gasteiger partial charge in [0, 0.05) is 19.7 Å². The Bertz CT molecular complexity index is 611. The molecule has 0 aromatic heterocycles. The van der Waals surface area contributed by atoms with Crippen LogP contribution >= 0.6 is 0 Å². The molecule has 1 aliphatic heterocycles. The van der Waals surface area contributed by atoms with Crippen LogP contribution in [-0.4, -0.2) is 53.2 Å². The highest BCUT2D eigenvalue weighted by atomic mass is 32.2. The van der Waals surface area contributed by atoms with Crippen molar-refractivity contribution in [2.45, 2.75) is 17.4 Å². The Morgan fingerprint density at radius 3 is 2.48 bits per heavy atom. The number of likely N-dealkylation sites (N-methyl/N-ethyl adjacent to an activating group) is 1. The molecule has 1 aromatic carbocycles. The second-order valence-electron chi connectivity index (χ2n) is 4.78. The number of nitrogens with zero attached hydrogens (tertiary/aromatic N) is 1. The van der Waals surface area contributed by atoms with Gasteiger partial charge < -0.3 is 19.9 Å². The van der Waals surface area contributed by atoms with Gasteiger partial charge in [-0.05, 0) is 12.5 Å². The van der Waals surface area contributed by atoms with Crippen LogP contribution in [0.1, 0.15) is 6.42 Å². The van der Waals surface area contributed by atoms with E-state index in [0.717, 1.165) is 0 Å². The van der Waals surface area contributed by atoms with E-state index in [0.29, 0.717) is 25.4 Å². The molecule has 0 aliphatic carbocycles. The van der Waals surface area contributed by atoms with Crippen LogP contribution in [0.25, 0.3) is 0 Å². The van der Waals surface area contributed by atoms with E-state index in [1.165, 1.54) is 37.7 Å². The van der Waals surface area contributed by atoms with Crippen LogP contribution in [0.5, 0.6) is 11.5 Å². The number of nitrogen functional groups attached to an aromatic ring is 1. The van der Waals surface area contributed by atoms with Crippen molar-refractivity contribution in [1.82, 2.24) is 4.31 Å². The van der Waals surface area contributed by atoms with Crippen molar-refractivity contribution in [1.29, 1.82) is 0 Å². The summed E-state index contributed by atoms with van der Waals surface area (Å²) < 4.78 is 42.3. The molecule has 1 unspecified atom stereocenters. The number of methoxy groups -OCH3 is 2. The molecule has 1 atom stereocenters. The first-order valence-electron chi connectivity index (χ1n) is 6.49. The van der Waals surface area contributed by atoms with Crippen LogP contribution in [0.3, 0.4) is 0 Å². The van der Waals surface area contributed by atoms with Crippen LogP contribution in [0.2, 0.25) is 0 Å². The molecule has 0 radical (unpaired) electrons. The van der Waals surface area contributed by atoms with Crippen LogP contribution in [0, 0.1) is 0 Å². The second-order valence-corrected chi connectivity index (χ2v) is 6.75. The third kappa shape index (κ3) is 2.92. The highest BCUT2D eigenvalue weighted by Crippen LogP contribution is 2.35. The summed E-state index contributed by atoms with van der Waals surface area (Å²) >= 11 is 0. The first kappa shape index (κ1) is 15.9. The van der Waals surface area contributed by atoms with Gasteiger partial charge in [0.2, 0.25) is 10.0 Å². The van der Waals surface area contributed by atoms with Gasteiger partial charge in [-0.3, -0.25) is 0 Å². The SMILES string of the molecule is COc1cc(OC)c(S(=O)(=O)N(C)C2CCOC2)cc1N. The molecule has 1 aliphatic rings. The number of hydrogen-bond donors (Lipinski definition) is 1. The first-order valence-corrected chi connectivity index (χ1v) is 7.93. The van der Waals surface area contributed by atoms with E-state index < -0.39 is 10.0 Å². The Morgan fingerprint density at radius 1 is 1.29 bits per heavy atom. The fourth-order valence-electron chi connectivity index (χ4n) is 2.26. The number of benzene rings is 1.